The summed E-state index contributed by atoms with van der Waals surface area (Å²) in [4.78, 5) is 13.9. The molecule has 2 N–H and O–H groups in total. The number of rotatable bonds is 4. The molecule has 2 rings (SSSR count). The SMILES string of the molecule is CCc1sc(C(=O)NCc2ccn[nH]2)cc1C. The first-order chi connectivity index (χ1) is 8.20. The van der Waals surface area contributed by atoms with Crippen LogP contribution in [0.25, 0.3) is 0 Å². The lowest BCUT2D eigenvalue weighted by atomic mass is 10.2. The van der Waals surface area contributed by atoms with Crippen LogP contribution in [0.5, 0.6) is 0 Å². The largest absolute Gasteiger partial charge is 0.346 e. The number of aromatic nitrogens is 2. The van der Waals surface area contributed by atoms with E-state index in [9.17, 15) is 4.79 Å². The normalized spacial score (nSPS) is 10.5. The fourth-order valence-electron chi connectivity index (χ4n) is 1.63. The van der Waals surface area contributed by atoms with Gasteiger partial charge in [0.1, 0.15) is 0 Å². The van der Waals surface area contributed by atoms with Gasteiger partial charge in [0.2, 0.25) is 0 Å². The van der Waals surface area contributed by atoms with Crippen LogP contribution in [0.3, 0.4) is 0 Å². The number of aryl methyl sites for hydroxylation is 2. The molecule has 90 valence electrons. The van der Waals surface area contributed by atoms with E-state index in [4.69, 9.17) is 0 Å². The van der Waals surface area contributed by atoms with Crippen LogP contribution in [-0.2, 0) is 13.0 Å². The predicted octanol–water partition coefficient (Wildman–Crippen LogP) is 2.27. The van der Waals surface area contributed by atoms with Gasteiger partial charge in [-0.2, -0.15) is 5.10 Å². The van der Waals surface area contributed by atoms with Crippen LogP contribution in [0.2, 0.25) is 0 Å². The van der Waals surface area contributed by atoms with Crippen molar-refractivity contribution in [1.82, 2.24) is 15.5 Å². The summed E-state index contributed by atoms with van der Waals surface area (Å²) in [7, 11) is 0. The van der Waals surface area contributed by atoms with Crippen LogP contribution in [-0.4, -0.2) is 16.1 Å². The average Bonchev–Trinajstić information content (AvgIpc) is 2.94. The Morgan fingerprint density at radius 3 is 3.00 bits per heavy atom. The number of nitrogens with one attached hydrogen (secondary N) is 2. The minimum absolute atomic E-state index is 0.0209. The second-order valence-corrected chi connectivity index (χ2v) is 4.97. The van der Waals surface area contributed by atoms with Gasteiger partial charge >= 0.3 is 0 Å². The quantitative estimate of drug-likeness (QED) is 0.873. The molecule has 0 aromatic carbocycles. The highest BCUT2D eigenvalue weighted by atomic mass is 32.1. The Labute approximate surface area is 104 Å². The molecule has 1 amide bonds. The number of carbonyl (C=O) groups excluding carboxylic acids is 1. The Morgan fingerprint density at radius 1 is 1.59 bits per heavy atom. The van der Waals surface area contributed by atoms with E-state index in [1.165, 1.54) is 10.4 Å². The van der Waals surface area contributed by atoms with Crippen molar-refractivity contribution in [1.29, 1.82) is 0 Å². The van der Waals surface area contributed by atoms with E-state index in [0.717, 1.165) is 17.0 Å². The fourth-order valence-corrected chi connectivity index (χ4v) is 2.66. The zero-order chi connectivity index (χ0) is 12.3. The first-order valence-corrected chi connectivity index (χ1v) is 6.38. The molecule has 4 nitrogen and oxygen atoms in total. The molecule has 0 saturated carbocycles. The van der Waals surface area contributed by atoms with Crippen LogP contribution in [0.4, 0.5) is 0 Å². The van der Waals surface area contributed by atoms with Gasteiger partial charge in [-0.15, -0.1) is 11.3 Å². The summed E-state index contributed by atoms with van der Waals surface area (Å²) in [5.74, 6) is -0.0209. The van der Waals surface area contributed by atoms with Gasteiger partial charge in [0.25, 0.3) is 5.91 Å². The molecule has 0 radical (unpaired) electrons. The van der Waals surface area contributed by atoms with Crippen molar-refractivity contribution in [2.24, 2.45) is 0 Å². The van der Waals surface area contributed by atoms with Gasteiger partial charge in [0.15, 0.2) is 0 Å². The summed E-state index contributed by atoms with van der Waals surface area (Å²) in [5.41, 5.74) is 2.10. The van der Waals surface area contributed by atoms with Gasteiger partial charge in [-0.05, 0) is 31.0 Å². The number of hydrogen-bond acceptors (Lipinski definition) is 3. The van der Waals surface area contributed by atoms with Gasteiger partial charge in [-0.1, -0.05) is 6.92 Å². The number of carbonyl (C=O) groups is 1. The minimum atomic E-state index is -0.0209. The Balaban J connectivity index is 1.99. The summed E-state index contributed by atoms with van der Waals surface area (Å²) in [5, 5.41) is 9.51. The van der Waals surface area contributed by atoms with Crippen LogP contribution in [0.15, 0.2) is 18.3 Å². The third-order valence-electron chi connectivity index (χ3n) is 2.56. The zero-order valence-corrected chi connectivity index (χ0v) is 10.7. The summed E-state index contributed by atoms with van der Waals surface area (Å²) in [6.45, 7) is 4.63. The number of nitrogens with zero attached hydrogens (tertiary/aromatic N) is 1. The van der Waals surface area contributed by atoms with Crippen LogP contribution >= 0.6 is 11.3 Å². The monoisotopic (exact) mass is 249 g/mol. The van der Waals surface area contributed by atoms with Crippen LogP contribution in [0, 0.1) is 6.92 Å². The first kappa shape index (κ1) is 11.9. The molecular formula is C12H15N3OS. The third-order valence-corrected chi connectivity index (χ3v) is 3.94. The number of thiophene rings is 1. The molecule has 5 heteroatoms. The molecule has 0 unspecified atom stereocenters. The smallest absolute Gasteiger partial charge is 0.261 e. The summed E-state index contributed by atoms with van der Waals surface area (Å²) < 4.78 is 0. The average molecular weight is 249 g/mol. The molecule has 2 aromatic heterocycles. The van der Waals surface area contributed by atoms with E-state index < -0.39 is 0 Å². The van der Waals surface area contributed by atoms with Crippen molar-refractivity contribution in [3.8, 4) is 0 Å². The molecule has 2 aromatic rings. The summed E-state index contributed by atoms with van der Waals surface area (Å²) in [6, 6.07) is 3.79. The van der Waals surface area contributed by atoms with Crippen LogP contribution in [0.1, 0.15) is 32.7 Å². The second-order valence-electron chi connectivity index (χ2n) is 3.83. The number of H-pyrrole nitrogens is 1. The van der Waals surface area contributed by atoms with E-state index in [2.05, 4.69) is 22.4 Å². The van der Waals surface area contributed by atoms with Crippen molar-refractivity contribution in [2.75, 3.05) is 0 Å². The lowest BCUT2D eigenvalue weighted by Gasteiger charge is -2.00. The maximum atomic E-state index is 11.9. The number of hydrogen-bond donors (Lipinski definition) is 2. The van der Waals surface area contributed by atoms with E-state index in [-0.39, 0.29) is 5.91 Å². The highest BCUT2D eigenvalue weighted by Gasteiger charge is 2.11. The molecule has 0 bridgehead atoms. The molecule has 0 spiro atoms. The topological polar surface area (TPSA) is 57.8 Å². The predicted molar refractivity (Wildman–Crippen MR) is 68.2 cm³/mol. The molecule has 0 aliphatic heterocycles. The van der Waals surface area contributed by atoms with Gasteiger partial charge in [0, 0.05) is 11.1 Å². The van der Waals surface area contributed by atoms with E-state index in [1.807, 2.05) is 19.1 Å². The molecule has 0 atom stereocenters. The van der Waals surface area contributed by atoms with Crippen molar-refractivity contribution in [3.05, 3.63) is 39.3 Å². The lowest BCUT2D eigenvalue weighted by Crippen LogP contribution is -2.21. The minimum Gasteiger partial charge on any atom is -0.346 e. The van der Waals surface area contributed by atoms with Gasteiger partial charge in [-0.25, -0.2) is 0 Å². The third kappa shape index (κ3) is 2.74. The van der Waals surface area contributed by atoms with Crippen LogP contribution < -0.4 is 5.32 Å². The van der Waals surface area contributed by atoms with Crippen molar-refractivity contribution < 1.29 is 4.79 Å². The molecule has 17 heavy (non-hydrogen) atoms. The van der Waals surface area contributed by atoms with Gasteiger partial charge < -0.3 is 5.32 Å². The first-order valence-electron chi connectivity index (χ1n) is 5.56. The number of amides is 1. The maximum Gasteiger partial charge on any atom is 0.261 e. The van der Waals surface area contributed by atoms with Gasteiger partial charge in [0.05, 0.1) is 17.1 Å². The fraction of sp³-hybridized carbons (Fsp3) is 0.333. The molecule has 2 heterocycles. The van der Waals surface area contributed by atoms with E-state index in [1.54, 1.807) is 17.5 Å². The Morgan fingerprint density at radius 2 is 2.41 bits per heavy atom. The van der Waals surface area contributed by atoms with E-state index >= 15 is 0 Å². The molecule has 0 aliphatic carbocycles. The Hall–Kier alpha value is -1.62. The second kappa shape index (κ2) is 5.14. The van der Waals surface area contributed by atoms with Crippen molar-refractivity contribution in [3.63, 3.8) is 0 Å². The number of aromatic amines is 1. The Kier molecular flexibility index (Phi) is 3.58. The standard InChI is InChI=1S/C12H15N3OS/c1-3-10-8(2)6-11(17-10)12(16)13-7-9-4-5-14-15-9/h4-6H,3,7H2,1-2H3,(H,13,16)(H,14,15). The van der Waals surface area contributed by atoms with E-state index in [0.29, 0.717) is 6.54 Å². The van der Waals surface area contributed by atoms with Crippen molar-refractivity contribution >= 4 is 17.2 Å². The lowest BCUT2D eigenvalue weighted by molar-refractivity contribution is 0.0954. The summed E-state index contributed by atoms with van der Waals surface area (Å²) >= 11 is 1.57. The highest BCUT2D eigenvalue weighted by Crippen LogP contribution is 2.22. The maximum absolute atomic E-state index is 11.9. The highest BCUT2D eigenvalue weighted by molar-refractivity contribution is 7.14. The molecular weight excluding hydrogens is 234 g/mol. The Bertz CT molecular complexity index is 502. The summed E-state index contributed by atoms with van der Waals surface area (Å²) in [6.07, 6.45) is 2.65. The van der Waals surface area contributed by atoms with Crippen molar-refractivity contribution in [2.45, 2.75) is 26.8 Å². The van der Waals surface area contributed by atoms with Gasteiger partial charge in [-0.3, -0.25) is 9.89 Å². The molecule has 0 aliphatic rings. The molecule has 0 fully saturated rings. The molecule has 0 saturated heterocycles. The zero-order valence-electron chi connectivity index (χ0n) is 9.91.